The van der Waals surface area contributed by atoms with Gasteiger partial charge in [0.2, 0.25) is 5.91 Å². The molecule has 1 aliphatic carbocycles. The third-order valence-corrected chi connectivity index (χ3v) is 8.43. The molecule has 0 saturated heterocycles. The van der Waals surface area contributed by atoms with E-state index in [1.165, 1.54) is 22.3 Å². The summed E-state index contributed by atoms with van der Waals surface area (Å²) in [4.78, 5) is 27.8. The molecule has 2 rings (SSSR count). The molecule has 3 atom stereocenters. The van der Waals surface area contributed by atoms with Crippen LogP contribution in [0.15, 0.2) is 52.6 Å². The lowest BCUT2D eigenvalue weighted by Crippen LogP contribution is -2.40. The van der Waals surface area contributed by atoms with Crippen LogP contribution in [-0.4, -0.2) is 30.4 Å². The van der Waals surface area contributed by atoms with Gasteiger partial charge in [-0.15, -0.1) is 0 Å². The first-order valence-corrected chi connectivity index (χ1v) is 13.2. The zero-order valence-corrected chi connectivity index (χ0v) is 23.5. The van der Waals surface area contributed by atoms with Crippen LogP contribution in [0.4, 0.5) is 0 Å². The largest absolute Gasteiger partial charge is 0.461 e. The molecule has 0 saturated carbocycles. The molecule has 1 aliphatic rings. The number of carbonyl (C=O) groups excluding carboxylic acids is 2. The number of nitrogens with zero attached hydrogens (tertiary/aromatic N) is 1. The Morgan fingerprint density at radius 3 is 2.26 bits per heavy atom. The molecule has 0 fully saturated rings. The van der Waals surface area contributed by atoms with Gasteiger partial charge in [-0.3, -0.25) is 9.59 Å². The van der Waals surface area contributed by atoms with Crippen molar-refractivity contribution in [2.75, 3.05) is 13.6 Å². The van der Waals surface area contributed by atoms with Crippen LogP contribution >= 0.6 is 0 Å². The minimum atomic E-state index is -0.454. The van der Waals surface area contributed by atoms with Gasteiger partial charge in [0.15, 0.2) is 0 Å². The van der Waals surface area contributed by atoms with Crippen LogP contribution in [-0.2, 0) is 20.9 Å². The minimum absolute atomic E-state index is 0.142. The maximum atomic E-state index is 13.3. The number of carbonyl (C=O) groups is 2. The average molecular weight is 482 g/mol. The SMILES string of the molecule is CCC(CCN(C)C(=O)C(C)(C)CCC1=C(C)C(C)=C(C)C(C)C1C)C(=O)OCc1ccccc1. The van der Waals surface area contributed by atoms with E-state index in [1.807, 2.05) is 44.3 Å². The smallest absolute Gasteiger partial charge is 0.309 e. The molecule has 4 heteroatoms. The van der Waals surface area contributed by atoms with Gasteiger partial charge in [-0.1, -0.05) is 76.1 Å². The summed E-state index contributed by atoms with van der Waals surface area (Å²) < 4.78 is 5.54. The van der Waals surface area contributed by atoms with E-state index in [0.717, 1.165) is 18.4 Å². The quantitative estimate of drug-likeness (QED) is 0.310. The van der Waals surface area contributed by atoms with Crippen LogP contribution in [0.25, 0.3) is 0 Å². The Bertz CT molecular complexity index is 941. The molecule has 3 unspecified atom stereocenters. The van der Waals surface area contributed by atoms with Crippen LogP contribution in [0.5, 0.6) is 0 Å². The Kier molecular flexibility index (Phi) is 10.4. The predicted octanol–water partition coefficient (Wildman–Crippen LogP) is 7.35. The van der Waals surface area contributed by atoms with Crippen molar-refractivity contribution in [1.82, 2.24) is 4.90 Å². The molecular weight excluding hydrogens is 434 g/mol. The molecule has 0 N–H and O–H groups in total. The molecule has 0 radical (unpaired) electrons. The van der Waals surface area contributed by atoms with Gasteiger partial charge >= 0.3 is 5.97 Å². The number of esters is 1. The molecule has 0 bridgehead atoms. The third kappa shape index (κ3) is 7.32. The van der Waals surface area contributed by atoms with Gasteiger partial charge in [0, 0.05) is 19.0 Å². The maximum Gasteiger partial charge on any atom is 0.309 e. The number of hydrogen-bond donors (Lipinski definition) is 0. The summed E-state index contributed by atoms with van der Waals surface area (Å²) in [6.45, 7) is 18.3. The molecule has 0 spiro atoms. The summed E-state index contributed by atoms with van der Waals surface area (Å²) in [5.41, 5.74) is 6.33. The summed E-state index contributed by atoms with van der Waals surface area (Å²) in [6, 6.07) is 9.73. The fraction of sp³-hybridized carbons (Fsp3) is 0.613. The highest BCUT2D eigenvalue weighted by atomic mass is 16.5. The Morgan fingerprint density at radius 2 is 1.66 bits per heavy atom. The van der Waals surface area contributed by atoms with Gasteiger partial charge in [-0.25, -0.2) is 0 Å². The number of rotatable bonds is 11. The van der Waals surface area contributed by atoms with E-state index in [1.54, 1.807) is 4.90 Å². The Morgan fingerprint density at radius 1 is 1.03 bits per heavy atom. The molecular formula is C31H47NO3. The number of benzene rings is 1. The van der Waals surface area contributed by atoms with E-state index in [0.29, 0.717) is 37.8 Å². The predicted molar refractivity (Wildman–Crippen MR) is 145 cm³/mol. The van der Waals surface area contributed by atoms with E-state index >= 15 is 0 Å². The van der Waals surface area contributed by atoms with Crippen LogP contribution in [0.3, 0.4) is 0 Å². The van der Waals surface area contributed by atoms with E-state index < -0.39 is 5.41 Å². The van der Waals surface area contributed by atoms with Gasteiger partial charge in [0.25, 0.3) is 0 Å². The summed E-state index contributed by atoms with van der Waals surface area (Å²) >= 11 is 0. The molecule has 194 valence electrons. The highest BCUT2D eigenvalue weighted by Gasteiger charge is 2.33. The number of hydrogen-bond acceptors (Lipinski definition) is 3. The van der Waals surface area contributed by atoms with Gasteiger partial charge in [-0.05, 0) is 75.0 Å². The van der Waals surface area contributed by atoms with Crippen molar-refractivity contribution in [3.63, 3.8) is 0 Å². The van der Waals surface area contributed by atoms with Crippen molar-refractivity contribution in [2.45, 2.75) is 87.7 Å². The highest BCUT2D eigenvalue weighted by molar-refractivity contribution is 5.81. The second-order valence-electron chi connectivity index (χ2n) is 11.1. The van der Waals surface area contributed by atoms with Crippen molar-refractivity contribution in [2.24, 2.45) is 23.2 Å². The summed E-state index contributed by atoms with van der Waals surface area (Å²) in [5.74, 6) is 0.811. The molecule has 1 aromatic carbocycles. The van der Waals surface area contributed by atoms with Crippen molar-refractivity contribution < 1.29 is 14.3 Å². The molecule has 0 aromatic heterocycles. The van der Waals surface area contributed by atoms with Crippen molar-refractivity contribution in [1.29, 1.82) is 0 Å². The molecule has 0 aliphatic heterocycles. The highest BCUT2D eigenvalue weighted by Crippen LogP contribution is 2.41. The fourth-order valence-electron chi connectivity index (χ4n) is 5.17. The molecule has 1 amide bonds. The Balaban J connectivity index is 1.92. The van der Waals surface area contributed by atoms with Crippen LogP contribution < -0.4 is 0 Å². The van der Waals surface area contributed by atoms with Crippen LogP contribution in [0.2, 0.25) is 0 Å². The monoisotopic (exact) mass is 481 g/mol. The first-order valence-electron chi connectivity index (χ1n) is 13.2. The van der Waals surface area contributed by atoms with E-state index in [4.69, 9.17) is 4.74 Å². The van der Waals surface area contributed by atoms with E-state index in [9.17, 15) is 9.59 Å². The fourth-order valence-corrected chi connectivity index (χ4v) is 5.17. The van der Waals surface area contributed by atoms with Crippen molar-refractivity contribution in [3.05, 3.63) is 58.2 Å². The topological polar surface area (TPSA) is 46.6 Å². The molecule has 4 nitrogen and oxygen atoms in total. The maximum absolute atomic E-state index is 13.3. The lowest BCUT2D eigenvalue weighted by atomic mass is 9.71. The Hall–Kier alpha value is -2.36. The molecule has 35 heavy (non-hydrogen) atoms. The second-order valence-corrected chi connectivity index (χ2v) is 11.1. The number of ether oxygens (including phenoxy) is 1. The first kappa shape index (κ1) is 28.9. The second kappa shape index (κ2) is 12.6. The summed E-state index contributed by atoms with van der Waals surface area (Å²) in [5, 5.41) is 0. The van der Waals surface area contributed by atoms with Gasteiger partial charge in [-0.2, -0.15) is 0 Å². The average Bonchev–Trinajstić information content (AvgIpc) is 2.85. The van der Waals surface area contributed by atoms with E-state index in [2.05, 4.69) is 48.5 Å². The standard InChI is InChI=1S/C31H47NO3/c1-10-27(29(33)35-20-26-14-12-11-13-15-26)17-19-32(9)30(34)31(7,8)18-16-28-24(5)22(3)21(2)23(4)25(28)6/h11-15,22,24,27H,10,16-20H2,1-9H3. The number of amides is 1. The first-order chi connectivity index (χ1) is 16.4. The van der Waals surface area contributed by atoms with Gasteiger partial charge < -0.3 is 9.64 Å². The van der Waals surface area contributed by atoms with Crippen molar-refractivity contribution in [3.8, 4) is 0 Å². The number of allylic oxidation sites excluding steroid dienone is 4. The molecule has 1 aromatic rings. The zero-order valence-electron chi connectivity index (χ0n) is 23.5. The van der Waals surface area contributed by atoms with Gasteiger partial charge in [0.05, 0.1) is 5.92 Å². The lowest BCUT2D eigenvalue weighted by molar-refractivity contribution is -0.151. The van der Waals surface area contributed by atoms with Crippen LogP contribution in [0, 0.1) is 23.2 Å². The van der Waals surface area contributed by atoms with Gasteiger partial charge in [0.1, 0.15) is 6.61 Å². The van der Waals surface area contributed by atoms with Crippen LogP contribution in [0.1, 0.15) is 86.6 Å². The normalized spacial score (nSPS) is 19.6. The lowest BCUT2D eigenvalue weighted by Gasteiger charge is -2.35. The Labute approximate surface area is 213 Å². The minimum Gasteiger partial charge on any atom is -0.461 e. The van der Waals surface area contributed by atoms with E-state index in [-0.39, 0.29) is 17.8 Å². The summed E-state index contributed by atoms with van der Waals surface area (Å²) in [6.07, 6.45) is 3.08. The summed E-state index contributed by atoms with van der Waals surface area (Å²) in [7, 11) is 1.86. The molecule has 0 heterocycles. The van der Waals surface area contributed by atoms with Crippen molar-refractivity contribution >= 4 is 11.9 Å². The third-order valence-electron chi connectivity index (χ3n) is 8.43. The zero-order chi connectivity index (χ0) is 26.3.